The number of benzene rings is 1. The van der Waals surface area contributed by atoms with Crippen LogP contribution in [0.1, 0.15) is 37.9 Å². The quantitative estimate of drug-likeness (QED) is 0.819. The van der Waals surface area contributed by atoms with Crippen LogP contribution in [0.5, 0.6) is 0 Å². The maximum Gasteiger partial charge on any atom is 0.331 e. The van der Waals surface area contributed by atoms with E-state index in [9.17, 15) is 9.59 Å². The molecule has 0 heterocycles. The summed E-state index contributed by atoms with van der Waals surface area (Å²) < 4.78 is 0. The Morgan fingerprint density at radius 3 is 2.26 bits per heavy atom. The van der Waals surface area contributed by atoms with Crippen molar-refractivity contribution in [2.45, 2.75) is 33.7 Å². The lowest BCUT2D eigenvalue weighted by molar-refractivity contribution is -0.133. The van der Waals surface area contributed by atoms with Crippen molar-refractivity contribution >= 4 is 11.9 Å². The Morgan fingerprint density at radius 1 is 1.16 bits per heavy atom. The lowest BCUT2D eigenvalue weighted by Gasteiger charge is -2.17. The number of carboxylic acid groups (broad SMARTS) is 1. The van der Waals surface area contributed by atoms with Crippen LogP contribution in [0.4, 0.5) is 0 Å². The molecule has 0 saturated heterocycles. The first-order valence-corrected chi connectivity index (χ1v) is 6.11. The van der Waals surface area contributed by atoms with E-state index < -0.39 is 5.97 Å². The minimum atomic E-state index is -1.07. The van der Waals surface area contributed by atoms with Crippen LogP contribution in [-0.4, -0.2) is 17.0 Å². The molecule has 0 fully saturated rings. The summed E-state index contributed by atoms with van der Waals surface area (Å²) in [7, 11) is 0. The van der Waals surface area contributed by atoms with Crippen molar-refractivity contribution < 1.29 is 14.7 Å². The highest BCUT2D eigenvalue weighted by molar-refractivity contribution is 6.01. The molecule has 19 heavy (non-hydrogen) atoms. The molecule has 1 amide bonds. The Hall–Kier alpha value is -2.10. The van der Waals surface area contributed by atoms with E-state index in [0.29, 0.717) is 0 Å². The van der Waals surface area contributed by atoms with Crippen LogP contribution in [0.2, 0.25) is 0 Å². The van der Waals surface area contributed by atoms with Crippen molar-refractivity contribution in [3.8, 4) is 0 Å². The van der Waals surface area contributed by atoms with Crippen molar-refractivity contribution in [2.24, 2.45) is 0 Å². The zero-order chi connectivity index (χ0) is 14.6. The van der Waals surface area contributed by atoms with Gasteiger partial charge in [-0.2, -0.15) is 0 Å². The number of rotatable bonds is 4. The molecule has 0 aromatic heterocycles. The average molecular weight is 261 g/mol. The number of carbonyl (C=O) groups is 2. The van der Waals surface area contributed by atoms with Crippen LogP contribution in [0.25, 0.3) is 0 Å². The highest BCUT2D eigenvalue weighted by Gasteiger charge is 2.16. The van der Waals surface area contributed by atoms with Gasteiger partial charge in [-0.25, -0.2) is 4.79 Å². The predicted molar refractivity (Wildman–Crippen MR) is 73.7 cm³/mol. The van der Waals surface area contributed by atoms with Crippen LogP contribution >= 0.6 is 0 Å². The lowest BCUT2D eigenvalue weighted by Crippen LogP contribution is -2.28. The van der Waals surface area contributed by atoms with Gasteiger partial charge in [-0.05, 0) is 38.8 Å². The van der Waals surface area contributed by atoms with Gasteiger partial charge in [-0.1, -0.05) is 24.3 Å². The Labute approximate surface area is 113 Å². The number of hydrogen-bond acceptors (Lipinski definition) is 2. The Kier molecular flexibility index (Phi) is 4.87. The van der Waals surface area contributed by atoms with E-state index in [2.05, 4.69) is 5.32 Å². The largest absolute Gasteiger partial charge is 0.478 e. The van der Waals surface area contributed by atoms with Gasteiger partial charge in [0.25, 0.3) is 0 Å². The Morgan fingerprint density at radius 2 is 1.74 bits per heavy atom. The molecule has 0 saturated carbocycles. The van der Waals surface area contributed by atoms with Gasteiger partial charge in [0, 0.05) is 11.1 Å². The third-order valence-corrected chi connectivity index (χ3v) is 3.23. The van der Waals surface area contributed by atoms with Gasteiger partial charge in [0.15, 0.2) is 0 Å². The zero-order valence-electron chi connectivity index (χ0n) is 11.7. The number of nitrogens with one attached hydrogen (secondary N) is 1. The molecule has 1 unspecified atom stereocenters. The van der Waals surface area contributed by atoms with E-state index >= 15 is 0 Å². The second-order valence-electron chi connectivity index (χ2n) is 4.61. The van der Waals surface area contributed by atoms with E-state index in [4.69, 9.17) is 5.11 Å². The molecule has 0 bridgehead atoms. The number of aryl methyl sites for hydroxylation is 1. The molecule has 0 radical (unpaired) electrons. The first-order chi connectivity index (χ1) is 8.84. The third kappa shape index (κ3) is 3.68. The van der Waals surface area contributed by atoms with Gasteiger partial charge in [0.1, 0.15) is 0 Å². The summed E-state index contributed by atoms with van der Waals surface area (Å²) in [6.07, 6.45) is 0. The standard InChI is InChI=1S/C15H19NO3/c1-9-7-5-6-8-13(9)12(4)16-14(17)10(2)11(3)15(18)19/h5-8,12H,1-4H3,(H,16,17)(H,18,19). The molecule has 0 aliphatic rings. The number of hydrogen-bond donors (Lipinski definition) is 2. The first-order valence-electron chi connectivity index (χ1n) is 6.11. The smallest absolute Gasteiger partial charge is 0.331 e. The van der Waals surface area contributed by atoms with Crippen LogP contribution in [0.3, 0.4) is 0 Å². The molecule has 0 aliphatic heterocycles. The van der Waals surface area contributed by atoms with Gasteiger partial charge in [-0.15, -0.1) is 0 Å². The molecule has 1 aromatic rings. The van der Waals surface area contributed by atoms with E-state index in [1.807, 2.05) is 38.1 Å². The molecule has 1 atom stereocenters. The monoisotopic (exact) mass is 261 g/mol. The highest BCUT2D eigenvalue weighted by Crippen LogP contribution is 2.17. The van der Waals surface area contributed by atoms with Crippen molar-refractivity contribution in [3.05, 3.63) is 46.5 Å². The maximum atomic E-state index is 12.0. The second kappa shape index (κ2) is 6.18. The van der Waals surface area contributed by atoms with Gasteiger partial charge in [0.05, 0.1) is 6.04 Å². The van der Waals surface area contributed by atoms with E-state index in [-0.39, 0.29) is 23.1 Å². The fraction of sp³-hybridized carbons (Fsp3) is 0.333. The molecule has 4 heteroatoms. The minimum Gasteiger partial charge on any atom is -0.478 e. The average Bonchev–Trinajstić information content (AvgIpc) is 2.37. The van der Waals surface area contributed by atoms with Gasteiger partial charge < -0.3 is 10.4 Å². The summed E-state index contributed by atoms with van der Waals surface area (Å²) in [6.45, 7) is 6.80. The van der Waals surface area contributed by atoms with Crippen LogP contribution in [-0.2, 0) is 9.59 Å². The summed E-state index contributed by atoms with van der Waals surface area (Å²) in [5.74, 6) is -1.42. The van der Waals surface area contributed by atoms with E-state index in [0.717, 1.165) is 11.1 Å². The predicted octanol–water partition coefficient (Wildman–Crippen LogP) is 2.59. The zero-order valence-corrected chi connectivity index (χ0v) is 11.7. The molecule has 102 valence electrons. The maximum absolute atomic E-state index is 12.0. The number of amides is 1. The van der Waals surface area contributed by atoms with Crippen LogP contribution < -0.4 is 5.32 Å². The molecule has 0 aliphatic carbocycles. The van der Waals surface area contributed by atoms with E-state index in [1.54, 1.807) is 0 Å². The summed E-state index contributed by atoms with van der Waals surface area (Å²) in [4.78, 5) is 22.8. The Bertz CT molecular complexity index is 532. The van der Waals surface area contributed by atoms with Gasteiger partial charge in [-0.3, -0.25) is 4.79 Å². The van der Waals surface area contributed by atoms with Crippen LogP contribution in [0.15, 0.2) is 35.4 Å². The van der Waals surface area contributed by atoms with Crippen molar-refractivity contribution in [3.63, 3.8) is 0 Å². The number of carbonyl (C=O) groups excluding carboxylic acids is 1. The van der Waals surface area contributed by atoms with E-state index in [1.165, 1.54) is 13.8 Å². The highest BCUT2D eigenvalue weighted by atomic mass is 16.4. The summed E-state index contributed by atoms with van der Waals surface area (Å²) in [5, 5.41) is 11.7. The topological polar surface area (TPSA) is 66.4 Å². The first kappa shape index (κ1) is 15.0. The second-order valence-corrected chi connectivity index (χ2v) is 4.61. The van der Waals surface area contributed by atoms with Crippen LogP contribution in [0, 0.1) is 6.92 Å². The van der Waals surface area contributed by atoms with Crippen molar-refractivity contribution in [1.29, 1.82) is 0 Å². The molecule has 2 N–H and O–H groups in total. The number of aliphatic carboxylic acids is 1. The molecule has 1 rings (SSSR count). The molecular weight excluding hydrogens is 242 g/mol. The third-order valence-electron chi connectivity index (χ3n) is 3.23. The molecular formula is C15H19NO3. The molecule has 4 nitrogen and oxygen atoms in total. The minimum absolute atomic E-state index is 0.0643. The van der Waals surface area contributed by atoms with Gasteiger partial charge >= 0.3 is 5.97 Å². The summed E-state index contributed by atoms with van der Waals surface area (Å²) in [6, 6.07) is 7.61. The van der Waals surface area contributed by atoms with Crippen molar-refractivity contribution in [2.75, 3.05) is 0 Å². The summed E-state index contributed by atoms with van der Waals surface area (Å²) >= 11 is 0. The molecule has 0 spiro atoms. The lowest BCUT2D eigenvalue weighted by atomic mass is 10.0. The molecule has 1 aromatic carbocycles. The van der Waals surface area contributed by atoms with Crippen molar-refractivity contribution in [1.82, 2.24) is 5.32 Å². The summed E-state index contributed by atoms with van der Waals surface area (Å²) in [5.41, 5.74) is 2.41. The number of carboxylic acids is 1. The van der Waals surface area contributed by atoms with Gasteiger partial charge in [0.2, 0.25) is 5.91 Å². The fourth-order valence-electron chi connectivity index (χ4n) is 1.79. The normalized spacial score (nSPS) is 13.5. The fourth-order valence-corrected chi connectivity index (χ4v) is 1.79. The SMILES string of the molecule is CC(C(=O)O)=C(C)C(=O)NC(C)c1ccccc1C. The Balaban J connectivity index is 2.87.